The molecule has 0 spiro atoms. The van der Waals surface area contributed by atoms with Gasteiger partial charge in [-0.3, -0.25) is 0 Å². The van der Waals surface area contributed by atoms with E-state index >= 15 is 0 Å². The van der Waals surface area contributed by atoms with Crippen molar-refractivity contribution in [1.29, 1.82) is 0 Å². The molecule has 0 radical (unpaired) electrons. The second kappa shape index (κ2) is 5.07. The van der Waals surface area contributed by atoms with E-state index in [9.17, 15) is 8.42 Å². The third-order valence-corrected chi connectivity index (χ3v) is 5.93. The molecule has 3 rings (SSSR count). The molecule has 1 atom stereocenters. The van der Waals surface area contributed by atoms with Crippen molar-refractivity contribution in [2.75, 3.05) is 6.54 Å². The second-order valence-electron chi connectivity index (χ2n) is 5.16. The zero-order valence-electron chi connectivity index (χ0n) is 11.4. The Morgan fingerprint density at radius 3 is 2.70 bits per heavy atom. The average molecular weight is 290 g/mol. The molecule has 20 heavy (non-hydrogen) atoms. The molecule has 0 amide bonds. The summed E-state index contributed by atoms with van der Waals surface area (Å²) in [4.78, 5) is 3.56. The standard InChI is InChI=1S/C15H18N2O2S/c1-12-6-2-3-9-15(12)20(18,19)17-11-5-8-14(17)13-7-4-10-16-13/h2-4,6-7,9-10,14,16H,5,8,11H2,1H3. The van der Waals surface area contributed by atoms with Crippen LogP contribution in [0.5, 0.6) is 0 Å². The summed E-state index contributed by atoms with van der Waals surface area (Å²) < 4.78 is 27.4. The number of aromatic nitrogens is 1. The van der Waals surface area contributed by atoms with Gasteiger partial charge in [0.15, 0.2) is 0 Å². The summed E-state index contributed by atoms with van der Waals surface area (Å²) in [6.07, 6.45) is 3.60. The third-order valence-electron chi connectivity index (χ3n) is 3.86. The number of aromatic amines is 1. The van der Waals surface area contributed by atoms with Gasteiger partial charge in [-0.1, -0.05) is 18.2 Å². The molecule has 1 saturated heterocycles. The molecule has 0 bridgehead atoms. The normalized spacial score (nSPS) is 20.4. The molecule has 5 heteroatoms. The molecular formula is C15H18N2O2S. The monoisotopic (exact) mass is 290 g/mol. The van der Waals surface area contributed by atoms with Gasteiger partial charge < -0.3 is 4.98 Å². The predicted octanol–water partition coefficient (Wildman–Crippen LogP) is 2.85. The molecule has 1 aromatic heterocycles. The highest BCUT2D eigenvalue weighted by Gasteiger charge is 2.37. The maximum atomic E-state index is 12.9. The van der Waals surface area contributed by atoms with Crippen molar-refractivity contribution in [2.24, 2.45) is 0 Å². The van der Waals surface area contributed by atoms with Crippen molar-refractivity contribution in [3.05, 3.63) is 53.9 Å². The summed E-state index contributed by atoms with van der Waals surface area (Å²) in [5.74, 6) is 0. The van der Waals surface area contributed by atoms with Crippen molar-refractivity contribution in [3.8, 4) is 0 Å². The fraction of sp³-hybridized carbons (Fsp3) is 0.333. The van der Waals surface area contributed by atoms with E-state index in [0.717, 1.165) is 24.1 Å². The first-order chi connectivity index (χ1) is 9.60. The summed E-state index contributed by atoms with van der Waals surface area (Å²) in [7, 11) is -3.43. The van der Waals surface area contributed by atoms with E-state index < -0.39 is 10.0 Å². The van der Waals surface area contributed by atoms with Gasteiger partial charge in [-0.05, 0) is 43.5 Å². The van der Waals surface area contributed by atoms with Gasteiger partial charge in [0.2, 0.25) is 10.0 Å². The van der Waals surface area contributed by atoms with E-state index in [4.69, 9.17) is 0 Å². The maximum Gasteiger partial charge on any atom is 0.243 e. The molecule has 1 aliphatic heterocycles. The van der Waals surface area contributed by atoms with Gasteiger partial charge in [0.25, 0.3) is 0 Å². The quantitative estimate of drug-likeness (QED) is 0.945. The number of nitrogens with zero attached hydrogens (tertiary/aromatic N) is 1. The van der Waals surface area contributed by atoms with Crippen LogP contribution in [0.2, 0.25) is 0 Å². The van der Waals surface area contributed by atoms with Crippen LogP contribution in [0.3, 0.4) is 0 Å². The number of sulfonamides is 1. The molecule has 4 nitrogen and oxygen atoms in total. The second-order valence-corrected chi connectivity index (χ2v) is 7.02. The molecule has 1 unspecified atom stereocenters. The lowest BCUT2D eigenvalue weighted by atomic mass is 10.2. The van der Waals surface area contributed by atoms with Crippen LogP contribution >= 0.6 is 0 Å². The van der Waals surface area contributed by atoms with E-state index in [1.165, 1.54) is 0 Å². The Hall–Kier alpha value is -1.59. The maximum absolute atomic E-state index is 12.9. The lowest BCUT2D eigenvalue weighted by Gasteiger charge is -2.24. The molecule has 0 aliphatic carbocycles. The molecule has 1 aliphatic rings. The van der Waals surface area contributed by atoms with Gasteiger partial charge >= 0.3 is 0 Å². The van der Waals surface area contributed by atoms with Crippen LogP contribution in [-0.4, -0.2) is 24.3 Å². The molecule has 1 aromatic carbocycles. The first-order valence-corrected chi connectivity index (χ1v) is 8.25. The van der Waals surface area contributed by atoms with Crippen LogP contribution < -0.4 is 0 Å². The van der Waals surface area contributed by atoms with Crippen molar-refractivity contribution in [3.63, 3.8) is 0 Å². The lowest BCUT2D eigenvalue weighted by Crippen LogP contribution is -2.31. The van der Waals surface area contributed by atoms with Crippen molar-refractivity contribution < 1.29 is 8.42 Å². The summed E-state index contributed by atoms with van der Waals surface area (Å²) in [5, 5.41) is 0. The summed E-state index contributed by atoms with van der Waals surface area (Å²) in [6, 6.07) is 11.0. The molecule has 0 saturated carbocycles. The molecular weight excluding hydrogens is 272 g/mol. The van der Waals surface area contributed by atoms with Gasteiger partial charge in [0.05, 0.1) is 10.9 Å². The van der Waals surface area contributed by atoms with Crippen LogP contribution in [0.25, 0.3) is 0 Å². The highest BCUT2D eigenvalue weighted by atomic mass is 32.2. The molecule has 1 fully saturated rings. The van der Waals surface area contributed by atoms with E-state index in [1.54, 1.807) is 16.4 Å². The van der Waals surface area contributed by atoms with Crippen molar-refractivity contribution >= 4 is 10.0 Å². The number of hydrogen-bond donors (Lipinski definition) is 1. The summed E-state index contributed by atoms with van der Waals surface area (Å²) in [5.41, 5.74) is 1.77. The zero-order valence-corrected chi connectivity index (χ0v) is 12.2. The first-order valence-electron chi connectivity index (χ1n) is 6.81. The van der Waals surface area contributed by atoms with E-state index in [0.29, 0.717) is 11.4 Å². The lowest BCUT2D eigenvalue weighted by molar-refractivity contribution is 0.391. The Bertz CT molecular complexity index is 692. The Kier molecular flexibility index (Phi) is 3.40. The van der Waals surface area contributed by atoms with E-state index in [1.807, 2.05) is 37.4 Å². The first kappa shape index (κ1) is 13.4. The smallest absolute Gasteiger partial charge is 0.243 e. The van der Waals surface area contributed by atoms with E-state index in [2.05, 4.69) is 4.98 Å². The number of H-pyrrole nitrogens is 1. The van der Waals surface area contributed by atoms with Gasteiger partial charge in [-0.2, -0.15) is 4.31 Å². The van der Waals surface area contributed by atoms with Gasteiger partial charge in [0, 0.05) is 18.4 Å². The number of nitrogens with one attached hydrogen (secondary N) is 1. The molecule has 2 heterocycles. The van der Waals surface area contributed by atoms with Crippen LogP contribution in [0.1, 0.15) is 30.1 Å². The van der Waals surface area contributed by atoms with Crippen LogP contribution in [0.15, 0.2) is 47.5 Å². The highest BCUT2D eigenvalue weighted by molar-refractivity contribution is 7.89. The number of rotatable bonds is 3. The largest absolute Gasteiger partial charge is 0.364 e. The average Bonchev–Trinajstić information content (AvgIpc) is 3.10. The van der Waals surface area contributed by atoms with Crippen LogP contribution in [0.4, 0.5) is 0 Å². The number of aryl methyl sites for hydroxylation is 1. The summed E-state index contributed by atoms with van der Waals surface area (Å²) in [6.45, 7) is 2.42. The highest BCUT2D eigenvalue weighted by Crippen LogP contribution is 2.36. The fourth-order valence-corrected chi connectivity index (χ4v) is 4.76. The Labute approximate surface area is 119 Å². The number of hydrogen-bond acceptors (Lipinski definition) is 2. The SMILES string of the molecule is Cc1ccccc1S(=O)(=O)N1CCCC1c1ccc[nH]1. The zero-order chi connectivity index (χ0) is 14.2. The molecule has 1 N–H and O–H groups in total. The minimum Gasteiger partial charge on any atom is -0.364 e. The minimum atomic E-state index is -3.43. The van der Waals surface area contributed by atoms with Crippen LogP contribution in [-0.2, 0) is 10.0 Å². The Morgan fingerprint density at radius 1 is 1.20 bits per heavy atom. The van der Waals surface area contributed by atoms with Gasteiger partial charge in [-0.25, -0.2) is 8.42 Å². The van der Waals surface area contributed by atoms with Crippen molar-refractivity contribution in [1.82, 2.24) is 9.29 Å². The molecule has 2 aromatic rings. The third kappa shape index (κ3) is 2.17. The summed E-state index contributed by atoms with van der Waals surface area (Å²) >= 11 is 0. The fourth-order valence-electron chi connectivity index (χ4n) is 2.86. The number of benzene rings is 1. The van der Waals surface area contributed by atoms with Crippen molar-refractivity contribution in [2.45, 2.75) is 30.7 Å². The minimum absolute atomic E-state index is 0.0744. The predicted molar refractivity (Wildman–Crippen MR) is 77.8 cm³/mol. The molecule has 106 valence electrons. The van der Waals surface area contributed by atoms with E-state index in [-0.39, 0.29) is 6.04 Å². The van der Waals surface area contributed by atoms with Gasteiger partial charge in [-0.15, -0.1) is 0 Å². The topological polar surface area (TPSA) is 53.2 Å². The van der Waals surface area contributed by atoms with Crippen LogP contribution in [0, 0.1) is 6.92 Å². The Balaban J connectivity index is 2.01. The Morgan fingerprint density at radius 2 is 2.00 bits per heavy atom. The van der Waals surface area contributed by atoms with Gasteiger partial charge in [0.1, 0.15) is 0 Å².